The zero-order valence-electron chi connectivity index (χ0n) is 34.5. The number of fused-ring (bicyclic) bond motifs is 9. The highest BCUT2D eigenvalue weighted by Gasteiger charge is 2.42. The first-order valence-electron chi connectivity index (χ1n) is 21.3. The van der Waals surface area contributed by atoms with Gasteiger partial charge in [-0.2, -0.15) is 0 Å². The standard InChI is InChI=1S/C59H43NO/c1-58(2)49-21-10-7-17-44(49)47-36-35-43(37-53(47)58)60(42-33-31-41(32-34-42)40-29-27-39(28-30-40)38-15-5-4-6-16-38)54-25-14-26-55-56(54)48-20-13-24-52(57(48)61-55)59(3)50-22-11-8-18-45(50)46-19-9-12-23-51(46)59/h4-37H,1-3H3. The van der Waals surface area contributed by atoms with E-state index in [1.54, 1.807) is 0 Å². The third kappa shape index (κ3) is 5.22. The number of rotatable bonds is 6. The molecule has 0 saturated heterocycles. The number of hydrogen-bond acceptors (Lipinski definition) is 2. The molecule has 0 unspecified atom stereocenters. The van der Waals surface area contributed by atoms with Crippen LogP contribution in [-0.2, 0) is 10.8 Å². The number of anilines is 3. The van der Waals surface area contributed by atoms with Crippen LogP contribution >= 0.6 is 0 Å². The van der Waals surface area contributed by atoms with Gasteiger partial charge in [0.15, 0.2) is 0 Å². The summed E-state index contributed by atoms with van der Waals surface area (Å²) in [5, 5.41) is 2.21. The van der Waals surface area contributed by atoms with E-state index in [1.165, 1.54) is 72.3 Å². The Hall–Kier alpha value is -7.42. The third-order valence-corrected chi connectivity index (χ3v) is 13.8. The molecular formula is C59H43NO. The Morgan fingerprint density at radius 3 is 1.52 bits per heavy atom. The van der Waals surface area contributed by atoms with Crippen LogP contribution in [0, 0.1) is 0 Å². The van der Waals surface area contributed by atoms with Crippen molar-refractivity contribution in [2.24, 2.45) is 0 Å². The number of para-hydroxylation sites is 1. The van der Waals surface area contributed by atoms with Crippen LogP contribution in [0.25, 0.3) is 66.4 Å². The second kappa shape index (κ2) is 13.3. The molecule has 0 spiro atoms. The Labute approximate surface area is 357 Å². The molecule has 0 aliphatic heterocycles. The number of nitrogens with zero attached hydrogens (tertiary/aromatic N) is 1. The van der Waals surface area contributed by atoms with Crippen molar-refractivity contribution in [2.45, 2.75) is 31.6 Å². The van der Waals surface area contributed by atoms with Crippen molar-refractivity contribution in [3.05, 3.63) is 234 Å². The molecule has 2 heteroatoms. The third-order valence-electron chi connectivity index (χ3n) is 13.8. The Balaban J connectivity index is 1.04. The number of benzene rings is 9. The minimum atomic E-state index is -0.393. The molecular weight excluding hydrogens is 739 g/mol. The largest absolute Gasteiger partial charge is 0.456 e. The lowest BCUT2D eigenvalue weighted by Gasteiger charge is -2.29. The molecule has 10 aromatic rings. The lowest BCUT2D eigenvalue weighted by Crippen LogP contribution is -2.22. The fourth-order valence-corrected chi connectivity index (χ4v) is 10.7. The molecule has 2 nitrogen and oxygen atoms in total. The quantitative estimate of drug-likeness (QED) is 0.167. The first kappa shape index (κ1) is 35.5. The second-order valence-electron chi connectivity index (χ2n) is 17.4. The van der Waals surface area contributed by atoms with Gasteiger partial charge in [0, 0.05) is 33.2 Å². The van der Waals surface area contributed by atoms with E-state index in [1.807, 2.05) is 0 Å². The van der Waals surface area contributed by atoms with Gasteiger partial charge >= 0.3 is 0 Å². The van der Waals surface area contributed by atoms with Gasteiger partial charge in [-0.15, -0.1) is 0 Å². The summed E-state index contributed by atoms with van der Waals surface area (Å²) < 4.78 is 7.10. The molecule has 0 N–H and O–H groups in total. The fraction of sp³-hybridized carbons (Fsp3) is 0.0847. The van der Waals surface area contributed by atoms with E-state index in [0.717, 1.165) is 39.0 Å². The maximum absolute atomic E-state index is 7.10. The van der Waals surface area contributed by atoms with Crippen LogP contribution in [0.15, 0.2) is 211 Å². The number of hydrogen-bond donors (Lipinski definition) is 0. The summed E-state index contributed by atoms with van der Waals surface area (Å²) in [7, 11) is 0. The van der Waals surface area contributed by atoms with Gasteiger partial charge < -0.3 is 9.32 Å². The molecule has 0 amide bonds. The molecule has 290 valence electrons. The predicted molar refractivity (Wildman–Crippen MR) is 254 cm³/mol. The van der Waals surface area contributed by atoms with Crippen LogP contribution < -0.4 is 4.90 Å². The van der Waals surface area contributed by atoms with E-state index < -0.39 is 5.41 Å². The van der Waals surface area contributed by atoms with Crippen LogP contribution in [0.1, 0.15) is 48.6 Å². The van der Waals surface area contributed by atoms with Crippen LogP contribution in [-0.4, -0.2) is 0 Å². The van der Waals surface area contributed by atoms with Crippen LogP contribution in [0.5, 0.6) is 0 Å². The monoisotopic (exact) mass is 781 g/mol. The van der Waals surface area contributed by atoms with E-state index in [2.05, 4.69) is 232 Å². The fourth-order valence-electron chi connectivity index (χ4n) is 10.7. The predicted octanol–water partition coefficient (Wildman–Crippen LogP) is 16.0. The average molecular weight is 782 g/mol. The van der Waals surface area contributed by atoms with Crippen LogP contribution in [0.4, 0.5) is 17.1 Å². The summed E-state index contributed by atoms with van der Waals surface area (Å²) >= 11 is 0. The van der Waals surface area contributed by atoms with Crippen molar-refractivity contribution in [1.29, 1.82) is 0 Å². The minimum absolute atomic E-state index is 0.143. The lowest BCUT2D eigenvalue weighted by atomic mass is 9.74. The molecule has 2 aliphatic rings. The van der Waals surface area contributed by atoms with Gasteiger partial charge in [0.1, 0.15) is 11.2 Å². The number of furan rings is 1. The van der Waals surface area contributed by atoms with Gasteiger partial charge in [0.2, 0.25) is 0 Å². The molecule has 0 fully saturated rings. The average Bonchev–Trinajstić information content (AvgIpc) is 3.91. The molecule has 2 aliphatic carbocycles. The molecule has 0 saturated carbocycles. The second-order valence-corrected chi connectivity index (χ2v) is 17.4. The molecule has 0 bridgehead atoms. The van der Waals surface area contributed by atoms with Crippen molar-refractivity contribution in [2.75, 3.05) is 4.90 Å². The topological polar surface area (TPSA) is 16.4 Å². The van der Waals surface area contributed by atoms with Crippen LogP contribution in [0.2, 0.25) is 0 Å². The van der Waals surface area contributed by atoms with E-state index in [4.69, 9.17) is 4.42 Å². The van der Waals surface area contributed by atoms with Gasteiger partial charge in [0.05, 0.1) is 11.1 Å². The van der Waals surface area contributed by atoms with Crippen molar-refractivity contribution in [1.82, 2.24) is 0 Å². The highest BCUT2D eigenvalue weighted by atomic mass is 16.3. The first-order valence-corrected chi connectivity index (χ1v) is 21.3. The maximum Gasteiger partial charge on any atom is 0.139 e. The van der Waals surface area contributed by atoms with E-state index in [9.17, 15) is 0 Å². The van der Waals surface area contributed by atoms with Crippen molar-refractivity contribution < 1.29 is 4.42 Å². The minimum Gasteiger partial charge on any atom is -0.456 e. The summed E-state index contributed by atoms with van der Waals surface area (Å²) in [4.78, 5) is 2.44. The summed E-state index contributed by atoms with van der Waals surface area (Å²) in [5.74, 6) is 0. The summed E-state index contributed by atoms with van der Waals surface area (Å²) in [5.41, 5.74) is 21.1. The SMILES string of the molecule is CC1(C)c2ccccc2-c2ccc(N(c3ccc(-c4ccc(-c5ccccc5)cc4)cc3)c3cccc4oc5c(C6(C)c7ccccc7-c7ccccc76)cccc5c34)cc21. The Bertz CT molecular complexity index is 3290. The molecule has 9 aromatic carbocycles. The van der Waals surface area contributed by atoms with Gasteiger partial charge in [0.25, 0.3) is 0 Å². The molecule has 61 heavy (non-hydrogen) atoms. The maximum atomic E-state index is 7.10. The van der Waals surface area contributed by atoms with E-state index in [-0.39, 0.29) is 5.41 Å². The first-order chi connectivity index (χ1) is 29.9. The van der Waals surface area contributed by atoms with Gasteiger partial charge in [-0.05, 0) is 110 Å². The summed E-state index contributed by atoms with van der Waals surface area (Å²) in [6, 6.07) is 75.4. The van der Waals surface area contributed by atoms with Gasteiger partial charge in [-0.3, -0.25) is 0 Å². The zero-order valence-corrected chi connectivity index (χ0v) is 34.5. The highest BCUT2D eigenvalue weighted by Crippen LogP contribution is 2.55. The Kier molecular flexibility index (Phi) is 7.74. The summed E-state index contributed by atoms with van der Waals surface area (Å²) in [6.45, 7) is 7.08. The molecule has 0 radical (unpaired) electrons. The van der Waals surface area contributed by atoms with Crippen molar-refractivity contribution in [3.63, 3.8) is 0 Å². The molecule has 1 aromatic heterocycles. The highest BCUT2D eigenvalue weighted by molar-refractivity contribution is 6.14. The van der Waals surface area contributed by atoms with E-state index >= 15 is 0 Å². The summed E-state index contributed by atoms with van der Waals surface area (Å²) in [6.07, 6.45) is 0. The smallest absolute Gasteiger partial charge is 0.139 e. The van der Waals surface area contributed by atoms with Gasteiger partial charge in [-0.25, -0.2) is 0 Å². The molecule has 1 heterocycles. The van der Waals surface area contributed by atoms with Crippen molar-refractivity contribution in [3.8, 4) is 44.5 Å². The van der Waals surface area contributed by atoms with Gasteiger partial charge in [-0.1, -0.05) is 184 Å². The molecule has 0 atom stereocenters. The molecule has 12 rings (SSSR count). The lowest BCUT2D eigenvalue weighted by molar-refractivity contribution is 0.638. The normalized spacial score (nSPS) is 14.1. The Morgan fingerprint density at radius 1 is 0.377 bits per heavy atom. The Morgan fingerprint density at radius 2 is 0.869 bits per heavy atom. The van der Waals surface area contributed by atoms with Crippen LogP contribution in [0.3, 0.4) is 0 Å². The van der Waals surface area contributed by atoms with E-state index in [0.29, 0.717) is 0 Å². The van der Waals surface area contributed by atoms with Crippen molar-refractivity contribution >= 4 is 39.0 Å². The zero-order chi connectivity index (χ0) is 40.9.